The second-order valence-electron chi connectivity index (χ2n) is 5.60. The average molecular weight is 383 g/mol. The number of rotatable bonds is 7. The summed E-state index contributed by atoms with van der Waals surface area (Å²) in [6.07, 6.45) is 2.54. The Balaban J connectivity index is 1.79. The largest absolute Gasteiger partial charge is 0.452 e. The van der Waals surface area contributed by atoms with Gasteiger partial charge in [-0.3, -0.25) is 19.7 Å². The standard InChI is InChI=1S/C19H17N3O6/c1-13(23)20-15-5-7-16(8-6-15)21-18(24)12-28-19(25)11-4-14-2-9-17(10-3-14)22(26)27/h2-11H,12H2,1H3,(H,20,23)(H,21,24)/b11-4+. The van der Waals surface area contributed by atoms with Crippen molar-refractivity contribution < 1.29 is 24.0 Å². The molecule has 0 fully saturated rings. The van der Waals surface area contributed by atoms with Crippen LogP contribution < -0.4 is 10.6 Å². The van der Waals surface area contributed by atoms with Crippen LogP contribution in [0.25, 0.3) is 6.08 Å². The van der Waals surface area contributed by atoms with Gasteiger partial charge in [0.2, 0.25) is 5.91 Å². The lowest BCUT2D eigenvalue weighted by atomic mass is 10.2. The van der Waals surface area contributed by atoms with Crippen LogP contribution in [0.4, 0.5) is 17.1 Å². The van der Waals surface area contributed by atoms with E-state index >= 15 is 0 Å². The van der Waals surface area contributed by atoms with Crippen LogP contribution >= 0.6 is 0 Å². The van der Waals surface area contributed by atoms with E-state index in [1.807, 2.05) is 0 Å². The third-order valence-electron chi connectivity index (χ3n) is 3.35. The van der Waals surface area contributed by atoms with Crippen LogP contribution in [0.2, 0.25) is 0 Å². The summed E-state index contributed by atoms with van der Waals surface area (Å²) in [5, 5.41) is 15.7. The number of hydrogen-bond acceptors (Lipinski definition) is 6. The lowest BCUT2D eigenvalue weighted by Gasteiger charge is -2.07. The van der Waals surface area contributed by atoms with Gasteiger partial charge in [-0.1, -0.05) is 0 Å². The molecule has 0 atom stereocenters. The van der Waals surface area contributed by atoms with Crippen molar-refractivity contribution in [1.82, 2.24) is 0 Å². The lowest BCUT2D eigenvalue weighted by Crippen LogP contribution is -2.20. The number of carbonyl (C=O) groups excluding carboxylic acids is 3. The molecule has 0 aliphatic carbocycles. The minimum absolute atomic E-state index is 0.0542. The van der Waals surface area contributed by atoms with Crippen LogP contribution in [0, 0.1) is 10.1 Å². The van der Waals surface area contributed by atoms with Gasteiger partial charge >= 0.3 is 5.97 Å². The number of benzene rings is 2. The minimum atomic E-state index is -0.727. The number of nitro benzene ring substituents is 1. The second kappa shape index (κ2) is 9.62. The van der Waals surface area contributed by atoms with Gasteiger partial charge in [-0.25, -0.2) is 4.79 Å². The highest BCUT2D eigenvalue weighted by atomic mass is 16.6. The predicted molar refractivity (Wildman–Crippen MR) is 102 cm³/mol. The summed E-state index contributed by atoms with van der Waals surface area (Å²) in [5.41, 5.74) is 1.60. The van der Waals surface area contributed by atoms with Gasteiger partial charge in [-0.05, 0) is 48.0 Å². The molecular weight excluding hydrogens is 366 g/mol. The average Bonchev–Trinajstić information content (AvgIpc) is 2.66. The van der Waals surface area contributed by atoms with E-state index in [0.29, 0.717) is 16.9 Å². The molecule has 2 rings (SSSR count). The first-order valence-corrected chi connectivity index (χ1v) is 8.10. The summed E-state index contributed by atoms with van der Waals surface area (Å²) >= 11 is 0. The molecule has 9 heteroatoms. The molecule has 9 nitrogen and oxygen atoms in total. The van der Waals surface area contributed by atoms with E-state index in [4.69, 9.17) is 4.74 Å². The van der Waals surface area contributed by atoms with E-state index in [2.05, 4.69) is 10.6 Å². The highest BCUT2D eigenvalue weighted by Crippen LogP contribution is 2.14. The van der Waals surface area contributed by atoms with Gasteiger partial charge in [0.1, 0.15) is 0 Å². The molecule has 0 aromatic heterocycles. The van der Waals surface area contributed by atoms with Gasteiger partial charge < -0.3 is 15.4 Å². The highest BCUT2D eigenvalue weighted by Gasteiger charge is 2.07. The Labute approximate surface area is 160 Å². The molecule has 0 spiro atoms. The number of carbonyl (C=O) groups is 3. The summed E-state index contributed by atoms with van der Waals surface area (Å²) in [4.78, 5) is 44.5. The van der Waals surface area contributed by atoms with Gasteiger partial charge in [0.15, 0.2) is 6.61 Å². The summed E-state index contributed by atoms with van der Waals surface area (Å²) in [6, 6.07) is 12.0. The van der Waals surface area contributed by atoms with Crippen molar-refractivity contribution in [2.75, 3.05) is 17.2 Å². The van der Waals surface area contributed by atoms with E-state index in [1.54, 1.807) is 24.3 Å². The smallest absolute Gasteiger partial charge is 0.331 e. The topological polar surface area (TPSA) is 128 Å². The normalized spacial score (nSPS) is 10.3. The van der Waals surface area contributed by atoms with Gasteiger partial charge in [0.05, 0.1) is 4.92 Å². The summed E-state index contributed by atoms with van der Waals surface area (Å²) in [6.45, 7) is 0.914. The van der Waals surface area contributed by atoms with E-state index < -0.39 is 23.4 Å². The Hall–Kier alpha value is -4.01. The molecule has 0 saturated carbocycles. The molecule has 0 radical (unpaired) electrons. The quantitative estimate of drug-likeness (QED) is 0.327. The number of anilines is 2. The number of non-ortho nitro benzene ring substituents is 1. The first kappa shape index (κ1) is 20.3. The molecule has 2 amide bonds. The molecule has 144 valence electrons. The number of hydrogen-bond donors (Lipinski definition) is 2. The first-order valence-electron chi connectivity index (χ1n) is 8.10. The van der Waals surface area contributed by atoms with E-state index in [1.165, 1.54) is 37.3 Å². The second-order valence-corrected chi connectivity index (χ2v) is 5.60. The van der Waals surface area contributed by atoms with Crippen LogP contribution in [0.1, 0.15) is 12.5 Å². The molecule has 0 heterocycles. The fourth-order valence-electron chi connectivity index (χ4n) is 2.09. The molecular formula is C19H17N3O6. The Kier molecular flexibility index (Phi) is 6.98. The number of nitrogens with zero attached hydrogens (tertiary/aromatic N) is 1. The Morgan fingerprint density at radius 1 is 1.00 bits per heavy atom. The van der Waals surface area contributed by atoms with Crippen LogP contribution in [0.3, 0.4) is 0 Å². The predicted octanol–water partition coefficient (Wildman–Crippen LogP) is 2.75. The molecule has 2 aromatic rings. The monoisotopic (exact) mass is 383 g/mol. The van der Waals surface area contributed by atoms with E-state index in [0.717, 1.165) is 6.08 Å². The van der Waals surface area contributed by atoms with Crippen LogP contribution in [0.15, 0.2) is 54.6 Å². The molecule has 0 bridgehead atoms. The van der Waals surface area contributed by atoms with Gasteiger partial charge in [0.25, 0.3) is 11.6 Å². The van der Waals surface area contributed by atoms with E-state index in [-0.39, 0.29) is 11.6 Å². The zero-order valence-electron chi connectivity index (χ0n) is 14.9. The fourth-order valence-corrected chi connectivity index (χ4v) is 2.09. The van der Waals surface area contributed by atoms with Crippen molar-refractivity contribution in [1.29, 1.82) is 0 Å². The summed E-state index contributed by atoms with van der Waals surface area (Å²) in [5.74, 6) is -1.45. The number of nitro groups is 1. The molecule has 0 aliphatic rings. The van der Waals surface area contributed by atoms with Crippen LogP contribution in [-0.4, -0.2) is 29.3 Å². The summed E-state index contributed by atoms with van der Waals surface area (Å²) in [7, 11) is 0. The Morgan fingerprint density at radius 2 is 1.57 bits per heavy atom. The highest BCUT2D eigenvalue weighted by molar-refractivity contribution is 5.95. The number of esters is 1. The van der Waals surface area contributed by atoms with Crippen molar-refractivity contribution >= 4 is 40.9 Å². The molecule has 2 N–H and O–H groups in total. The number of amides is 2. The minimum Gasteiger partial charge on any atom is -0.452 e. The number of ether oxygens (including phenoxy) is 1. The van der Waals surface area contributed by atoms with Crippen LogP contribution in [0.5, 0.6) is 0 Å². The van der Waals surface area contributed by atoms with Gasteiger partial charge in [-0.2, -0.15) is 0 Å². The lowest BCUT2D eigenvalue weighted by molar-refractivity contribution is -0.384. The van der Waals surface area contributed by atoms with Crippen molar-refractivity contribution in [2.45, 2.75) is 6.92 Å². The first-order chi connectivity index (χ1) is 13.3. The molecule has 0 aliphatic heterocycles. The maximum absolute atomic E-state index is 11.8. The Morgan fingerprint density at radius 3 is 2.11 bits per heavy atom. The molecule has 0 unspecified atom stereocenters. The molecule has 0 saturated heterocycles. The fraction of sp³-hybridized carbons (Fsp3) is 0.105. The van der Waals surface area contributed by atoms with Crippen molar-refractivity contribution in [3.63, 3.8) is 0 Å². The van der Waals surface area contributed by atoms with Crippen LogP contribution in [-0.2, 0) is 19.1 Å². The van der Waals surface area contributed by atoms with E-state index in [9.17, 15) is 24.5 Å². The van der Waals surface area contributed by atoms with Crippen molar-refractivity contribution in [2.24, 2.45) is 0 Å². The Bertz CT molecular complexity index is 904. The SMILES string of the molecule is CC(=O)Nc1ccc(NC(=O)COC(=O)/C=C/c2ccc([N+](=O)[O-])cc2)cc1. The zero-order valence-corrected chi connectivity index (χ0v) is 14.9. The maximum Gasteiger partial charge on any atom is 0.331 e. The van der Waals surface area contributed by atoms with Crippen molar-refractivity contribution in [3.8, 4) is 0 Å². The zero-order chi connectivity index (χ0) is 20.5. The molecule has 2 aromatic carbocycles. The summed E-state index contributed by atoms with van der Waals surface area (Å²) < 4.78 is 4.83. The number of nitrogens with one attached hydrogen (secondary N) is 2. The third kappa shape index (κ3) is 6.71. The third-order valence-corrected chi connectivity index (χ3v) is 3.35. The molecule has 28 heavy (non-hydrogen) atoms. The van der Waals surface area contributed by atoms with Gasteiger partial charge in [-0.15, -0.1) is 0 Å². The van der Waals surface area contributed by atoms with Gasteiger partial charge in [0, 0.05) is 36.5 Å². The van der Waals surface area contributed by atoms with Crippen molar-refractivity contribution in [3.05, 3.63) is 70.3 Å². The maximum atomic E-state index is 11.8.